The number of halogens is 1. The van der Waals surface area contributed by atoms with E-state index in [0.29, 0.717) is 5.02 Å². The minimum absolute atomic E-state index is 0.0652. The molecule has 0 unspecified atom stereocenters. The number of nitrogens with zero attached hydrogens (tertiary/aromatic N) is 1. The van der Waals surface area contributed by atoms with Gasteiger partial charge >= 0.3 is 5.97 Å². The lowest BCUT2D eigenvalue weighted by atomic mass is 10.0. The lowest BCUT2D eigenvalue weighted by molar-refractivity contribution is -0.385. The zero-order valence-electron chi connectivity index (χ0n) is 11.4. The molecule has 0 aromatic heterocycles. The number of carbonyl (C=O) groups excluding carboxylic acids is 2. The Kier molecular flexibility index (Phi) is 4.53. The second-order valence-corrected chi connectivity index (χ2v) is 4.80. The highest BCUT2D eigenvalue weighted by atomic mass is 35.5. The third kappa shape index (κ3) is 3.48. The number of hydrogen-bond donors (Lipinski definition) is 0. The van der Waals surface area contributed by atoms with Gasteiger partial charge in [-0.05, 0) is 36.4 Å². The number of nitro benzene ring substituents is 1. The molecule has 0 fully saturated rings. The minimum Gasteiger partial charge on any atom is -0.427 e. The molecular formula is C15H10ClNO5. The Labute approximate surface area is 130 Å². The summed E-state index contributed by atoms with van der Waals surface area (Å²) in [6.45, 7) is 1.20. The minimum atomic E-state index is -0.666. The second-order valence-electron chi connectivity index (χ2n) is 4.37. The normalized spacial score (nSPS) is 10.1. The maximum Gasteiger partial charge on any atom is 0.308 e. The lowest BCUT2D eigenvalue weighted by Gasteiger charge is -2.06. The van der Waals surface area contributed by atoms with Gasteiger partial charge in [0.05, 0.1) is 4.92 Å². The monoisotopic (exact) mass is 319 g/mol. The molecule has 7 heteroatoms. The first-order valence-corrected chi connectivity index (χ1v) is 6.53. The SMILES string of the molecule is CC(=O)Oc1ccc([N+](=O)[O-])c(C(=O)c2ccc(Cl)cc2)c1. The zero-order valence-corrected chi connectivity index (χ0v) is 12.2. The van der Waals surface area contributed by atoms with E-state index < -0.39 is 16.7 Å². The van der Waals surface area contributed by atoms with Crippen molar-refractivity contribution in [2.45, 2.75) is 6.92 Å². The molecule has 6 nitrogen and oxygen atoms in total. The molecule has 0 saturated heterocycles. The van der Waals surface area contributed by atoms with Crippen molar-refractivity contribution in [3.8, 4) is 5.75 Å². The maximum atomic E-state index is 12.4. The van der Waals surface area contributed by atoms with Crippen LogP contribution in [0.15, 0.2) is 42.5 Å². The van der Waals surface area contributed by atoms with Crippen molar-refractivity contribution in [3.63, 3.8) is 0 Å². The third-order valence-electron chi connectivity index (χ3n) is 2.78. The maximum absolute atomic E-state index is 12.4. The Morgan fingerprint density at radius 1 is 1.14 bits per heavy atom. The largest absolute Gasteiger partial charge is 0.427 e. The van der Waals surface area contributed by atoms with Crippen LogP contribution in [0.2, 0.25) is 5.02 Å². The highest BCUT2D eigenvalue weighted by Crippen LogP contribution is 2.27. The van der Waals surface area contributed by atoms with Crippen molar-refractivity contribution in [3.05, 3.63) is 68.7 Å². The molecule has 0 amide bonds. The van der Waals surface area contributed by atoms with Crippen molar-refractivity contribution in [2.75, 3.05) is 0 Å². The number of benzene rings is 2. The Hall–Kier alpha value is -2.73. The van der Waals surface area contributed by atoms with E-state index in [1.54, 1.807) is 0 Å². The van der Waals surface area contributed by atoms with Gasteiger partial charge in [-0.2, -0.15) is 0 Å². The van der Waals surface area contributed by atoms with Crippen molar-refractivity contribution in [1.29, 1.82) is 0 Å². The van der Waals surface area contributed by atoms with Crippen LogP contribution in [0.1, 0.15) is 22.8 Å². The quantitative estimate of drug-likeness (QED) is 0.283. The van der Waals surface area contributed by atoms with Gasteiger partial charge in [0.1, 0.15) is 11.3 Å². The van der Waals surface area contributed by atoms with Crippen molar-refractivity contribution in [1.82, 2.24) is 0 Å². The number of nitro groups is 1. The van der Waals surface area contributed by atoms with Gasteiger partial charge < -0.3 is 4.74 Å². The predicted octanol–water partition coefficient (Wildman–Crippen LogP) is 3.40. The summed E-state index contributed by atoms with van der Waals surface area (Å²) < 4.78 is 4.86. The van der Waals surface area contributed by atoms with Gasteiger partial charge in [-0.25, -0.2) is 0 Å². The molecule has 0 aliphatic rings. The summed E-state index contributed by atoms with van der Waals surface area (Å²) in [5.41, 5.74) is -0.283. The van der Waals surface area contributed by atoms with E-state index in [4.69, 9.17) is 16.3 Å². The Balaban J connectivity index is 2.50. The number of rotatable bonds is 4. The second kappa shape index (κ2) is 6.36. The first-order valence-electron chi connectivity index (χ1n) is 6.15. The topological polar surface area (TPSA) is 86.5 Å². The summed E-state index contributed by atoms with van der Waals surface area (Å²) in [6, 6.07) is 9.52. The van der Waals surface area contributed by atoms with Gasteiger partial charge in [0, 0.05) is 23.6 Å². The summed E-state index contributed by atoms with van der Waals surface area (Å²) in [5.74, 6) is -1.08. The lowest BCUT2D eigenvalue weighted by Crippen LogP contribution is -2.07. The number of ketones is 1. The molecule has 0 aliphatic carbocycles. The van der Waals surface area contributed by atoms with E-state index in [1.807, 2.05) is 0 Å². The van der Waals surface area contributed by atoms with E-state index >= 15 is 0 Å². The molecule has 22 heavy (non-hydrogen) atoms. The average Bonchev–Trinajstić information content (AvgIpc) is 2.46. The van der Waals surface area contributed by atoms with Crippen LogP contribution in [0, 0.1) is 10.1 Å². The van der Waals surface area contributed by atoms with Gasteiger partial charge in [-0.3, -0.25) is 19.7 Å². The first kappa shape index (κ1) is 15.7. The molecule has 2 aromatic rings. The predicted molar refractivity (Wildman–Crippen MR) is 79.3 cm³/mol. The van der Waals surface area contributed by atoms with Crippen molar-refractivity contribution >= 4 is 29.0 Å². The molecule has 0 atom stereocenters. The summed E-state index contributed by atoms with van der Waals surface area (Å²) in [4.78, 5) is 33.8. The van der Waals surface area contributed by atoms with E-state index in [9.17, 15) is 19.7 Å². The molecule has 0 heterocycles. The highest BCUT2D eigenvalue weighted by Gasteiger charge is 2.22. The average molecular weight is 320 g/mol. The molecule has 2 rings (SSSR count). The van der Waals surface area contributed by atoms with Crippen LogP contribution >= 0.6 is 11.6 Å². The summed E-state index contributed by atoms with van der Waals surface area (Å²) in [5, 5.41) is 11.5. The van der Waals surface area contributed by atoms with E-state index in [-0.39, 0.29) is 22.6 Å². The Bertz CT molecular complexity index is 755. The fourth-order valence-electron chi connectivity index (χ4n) is 1.84. The Morgan fingerprint density at radius 3 is 2.32 bits per heavy atom. The summed E-state index contributed by atoms with van der Waals surface area (Å²) in [7, 11) is 0. The van der Waals surface area contributed by atoms with Gasteiger partial charge in [-0.15, -0.1) is 0 Å². The van der Waals surface area contributed by atoms with Crippen molar-refractivity contribution < 1.29 is 19.2 Å². The van der Waals surface area contributed by atoms with Gasteiger partial charge in [0.2, 0.25) is 0 Å². The van der Waals surface area contributed by atoms with Crippen molar-refractivity contribution in [2.24, 2.45) is 0 Å². The van der Waals surface area contributed by atoms with Crippen LogP contribution in [-0.2, 0) is 4.79 Å². The van der Waals surface area contributed by atoms with Crippen LogP contribution in [-0.4, -0.2) is 16.7 Å². The van der Waals surface area contributed by atoms with E-state index in [1.165, 1.54) is 43.3 Å². The molecule has 2 aromatic carbocycles. The number of ether oxygens (including phenoxy) is 1. The number of esters is 1. The molecule has 112 valence electrons. The first-order chi connectivity index (χ1) is 10.4. The molecule has 0 N–H and O–H groups in total. The Morgan fingerprint density at radius 2 is 1.77 bits per heavy atom. The zero-order chi connectivity index (χ0) is 16.3. The summed E-state index contributed by atoms with van der Waals surface area (Å²) >= 11 is 5.75. The molecule has 0 bridgehead atoms. The van der Waals surface area contributed by atoms with Crippen LogP contribution < -0.4 is 4.74 Å². The van der Waals surface area contributed by atoms with Gasteiger partial charge in [0.15, 0.2) is 5.78 Å². The molecular weight excluding hydrogens is 310 g/mol. The standard InChI is InChI=1S/C15H10ClNO5/c1-9(18)22-12-6-7-14(17(20)21)13(8-12)15(19)10-2-4-11(16)5-3-10/h2-8H,1H3. The fourth-order valence-corrected chi connectivity index (χ4v) is 1.97. The van der Waals surface area contributed by atoms with Gasteiger partial charge in [-0.1, -0.05) is 11.6 Å². The van der Waals surface area contributed by atoms with Crippen LogP contribution in [0.4, 0.5) is 5.69 Å². The molecule has 0 spiro atoms. The third-order valence-corrected chi connectivity index (χ3v) is 3.03. The molecule has 0 radical (unpaired) electrons. The fraction of sp³-hybridized carbons (Fsp3) is 0.0667. The smallest absolute Gasteiger partial charge is 0.308 e. The summed E-state index contributed by atoms with van der Waals surface area (Å²) in [6.07, 6.45) is 0. The number of hydrogen-bond acceptors (Lipinski definition) is 5. The molecule has 0 saturated carbocycles. The van der Waals surface area contributed by atoms with E-state index in [2.05, 4.69) is 0 Å². The highest BCUT2D eigenvalue weighted by molar-refractivity contribution is 6.30. The van der Waals surface area contributed by atoms with E-state index in [0.717, 1.165) is 6.07 Å². The number of carbonyl (C=O) groups is 2. The van der Waals surface area contributed by atoms with Crippen LogP contribution in [0.25, 0.3) is 0 Å². The van der Waals surface area contributed by atoms with Crippen LogP contribution in [0.3, 0.4) is 0 Å². The van der Waals surface area contributed by atoms with Crippen LogP contribution in [0.5, 0.6) is 5.75 Å². The molecule has 0 aliphatic heterocycles. The van der Waals surface area contributed by atoms with Gasteiger partial charge in [0.25, 0.3) is 5.69 Å².